The van der Waals surface area contributed by atoms with Gasteiger partial charge < -0.3 is 14.8 Å². The Morgan fingerprint density at radius 2 is 2.16 bits per heavy atom. The van der Waals surface area contributed by atoms with Crippen LogP contribution < -0.4 is 10.1 Å². The lowest BCUT2D eigenvalue weighted by Gasteiger charge is -2.21. The number of alkyl carbamates (subject to hydrolysis) is 1. The Kier molecular flexibility index (Phi) is 6.96. The van der Waals surface area contributed by atoms with Crippen LogP contribution in [-0.4, -0.2) is 42.8 Å². The average Bonchev–Trinajstić information content (AvgIpc) is 2.94. The van der Waals surface area contributed by atoms with E-state index in [1.165, 1.54) is 5.56 Å². The van der Waals surface area contributed by atoms with Gasteiger partial charge in [-0.15, -0.1) is 0 Å². The van der Waals surface area contributed by atoms with Crippen molar-refractivity contribution in [1.29, 1.82) is 0 Å². The number of nitrogens with one attached hydrogen (secondary N) is 1. The molecule has 140 valence electrons. The Bertz CT molecular complexity index is 587. The van der Waals surface area contributed by atoms with Crippen LogP contribution in [-0.2, 0) is 11.3 Å². The number of hydrogen-bond acceptors (Lipinski definition) is 4. The predicted octanol–water partition coefficient (Wildman–Crippen LogP) is 4.09. The van der Waals surface area contributed by atoms with Crippen LogP contribution in [0.3, 0.4) is 0 Å². The minimum Gasteiger partial charge on any atom is -0.492 e. The normalized spacial score (nSPS) is 18.2. The first-order valence-corrected chi connectivity index (χ1v) is 9.25. The first-order chi connectivity index (χ1) is 11.8. The molecule has 2 rings (SSSR count). The number of benzene rings is 1. The Hall–Kier alpha value is -1.46. The molecule has 0 aliphatic carbocycles. The molecule has 0 unspecified atom stereocenters. The van der Waals surface area contributed by atoms with Gasteiger partial charge in [-0.05, 0) is 64.3 Å². The summed E-state index contributed by atoms with van der Waals surface area (Å²) in [4.78, 5) is 14.1. The third-order valence-corrected chi connectivity index (χ3v) is 4.30. The van der Waals surface area contributed by atoms with E-state index in [1.54, 1.807) is 0 Å². The topological polar surface area (TPSA) is 50.8 Å². The van der Waals surface area contributed by atoms with Gasteiger partial charge in [0.2, 0.25) is 0 Å². The molecule has 1 N–H and O–H groups in total. The van der Waals surface area contributed by atoms with Crippen molar-refractivity contribution in [1.82, 2.24) is 10.2 Å². The SMILES string of the molecule is CCOc1ccc(CN2CC[C@H](CNC(=O)OC(C)(C)C)C2)cc1Cl. The molecule has 1 aromatic carbocycles. The van der Waals surface area contributed by atoms with E-state index in [1.807, 2.05) is 39.8 Å². The van der Waals surface area contributed by atoms with Crippen molar-refractivity contribution in [3.05, 3.63) is 28.8 Å². The van der Waals surface area contributed by atoms with Gasteiger partial charge in [-0.3, -0.25) is 4.90 Å². The molecule has 1 aliphatic heterocycles. The van der Waals surface area contributed by atoms with Crippen LogP contribution in [0.15, 0.2) is 18.2 Å². The average molecular weight is 369 g/mol. The number of likely N-dealkylation sites (tertiary alicyclic amines) is 1. The zero-order valence-electron chi connectivity index (χ0n) is 15.6. The van der Waals surface area contributed by atoms with Gasteiger partial charge in [0.05, 0.1) is 11.6 Å². The van der Waals surface area contributed by atoms with Gasteiger partial charge in [0, 0.05) is 19.6 Å². The molecule has 1 aliphatic rings. The summed E-state index contributed by atoms with van der Waals surface area (Å²) >= 11 is 6.25. The molecule has 1 atom stereocenters. The molecule has 0 aromatic heterocycles. The molecule has 0 spiro atoms. The summed E-state index contributed by atoms with van der Waals surface area (Å²) in [5.41, 5.74) is 0.716. The fraction of sp³-hybridized carbons (Fsp3) is 0.632. The summed E-state index contributed by atoms with van der Waals surface area (Å²) in [5.74, 6) is 1.18. The number of carbonyl (C=O) groups excluding carboxylic acids is 1. The lowest BCUT2D eigenvalue weighted by molar-refractivity contribution is 0.0519. The van der Waals surface area contributed by atoms with Gasteiger partial charge in [-0.2, -0.15) is 0 Å². The van der Waals surface area contributed by atoms with Gasteiger partial charge in [0.25, 0.3) is 0 Å². The maximum absolute atomic E-state index is 11.7. The minimum atomic E-state index is -0.460. The summed E-state index contributed by atoms with van der Waals surface area (Å²) in [7, 11) is 0. The standard InChI is InChI=1S/C19H29ClN2O3/c1-5-24-17-7-6-14(10-16(17)20)12-22-9-8-15(13-22)11-21-18(23)25-19(2,3)4/h6-7,10,15H,5,8-9,11-13H2,1-4H3,(H,21,23)/t15-/m1/s1. The zero-order valence-corrected chi connectivity index (χ0v) is 16.4. The van der Waals surface area contributed by atoms with E-state index in [2.05, 4.69) is 16.3 Å². The molecule has 0 saturated carbocycles. The maximum Gasteiger partial charge on any atom is 0.407 e. The molecule has 1 heterocycles. The number of nitrogens with zero attached hydrogens (tertiary/aromatic N) is 1. The number of ether oxygens (including phenoxy) is 2. The smallest absolute Gasteiger partial charge is 0.407 e. The second-order valence-corrected chi connectivity index (χ2v) is 7.88. The van der Waals surface area contributed by atoms with Crippen molar-refractivity contribution < 1.29 is 14.3 Å². The fourth-order valence-electron chi connectivity index (χ4n) is 2.94. The van der Waals surface area contributed by atoms with Crippen LogP contribution in [0.2, 0.25) is 5.02 Å². The van der Waals surface area contributed by atoms with Gasteiger partial charge in [-0.1, -0.05) is 17.7 Å². The maximum atomic E-state index is 11.7. The van der Waals surface area contributed by atoms with Crippen LogP contribution in [0.4, 0.5) is 4.79 Å². The van der Waals surface area contributed by atoms with Crippen molar-refractivity contribution in [2.24, 2.45) is 5.92 Å². The first-order valence-electron chi connectivity index (χ1n) is 8.87. The minimum absolute atomic E-state index is 0.343. The highest BCUT2D eigenvalue weighted by Crippen LogP contribution is 2.27. The largest absolute Gasteiger partial charge is 0.492 e. The molecule has 1 fully saturated rings. The second kappa shape index (κ2) is 8.77. The lowest BCUT2D eigenvalue weighted by Crippen LogP contribution is -2.35. The second-order valence-electron chi connectivity index (χ2n) is 7.47. The van der Waals surface area contributed by atoms with E-state index >= 15 is 0 Å². The van der Waals surface area contributed by atoms with E-state index in [9.17, 15) is 4.79 Å². The van der Waals surface area contributed by atoms with Gasteiger partial charge >= 0.3 is 6.09 Å². The molecule has 5 nitrogen and oxygen atoms in total. The number of carbonyl (C=O) groups is 1. The molecule has 6 heteroatoms. The predicted molar refractivity (Wildman–Crippen MR) is 100 cm³/mol. The van der Waals surface area contributed by atoms with Crippen LogP contribution in [0.25, 0.3) is 0 Å². The van der Waals surface area contributed by atoms with E-state index in [-0.39, 0.29) is 6.09 Å². The van der Waals surface area contributed by atoms with E-state index in [0.29, 0.717) is 24.1 Å². The van der Waals surface area contributed by atoms with Crippen molar-refractivity contribution >= 4 is 17.7 Å². The Morgan fingerprint density at radius 1 is 1.40 bits per heavy atom. The van der Waals surface area contributed by atoms with Gasteiger partial charge in [0.1, 0.15) is 11.4 Å². The molecular formula is C19H29ClN2O3. The summed E-state index contributed by atoms with van der Waals surface area (Å²) in [6, 6.07) is 5.96. The van der Waals surface area contributed by atoms with Crippen LogP contribution >= 0.6 is 11.6 Å². The number of halogens is 1. The summed E-state index contributed by atoms with van der Waals surface area (Å²) in [6.07, 6.45) is 0.727. The molecule has 25 heavy (non-hydrogen) atoms. The quantitative estimate of drug-likeness (QED) is 0.821. The third-order valence-electron chi connectivity index (χ3n) is 4.01. The van der Waals surface area contributed by atoms with Crippen LogP contribution in [0.5, 0.6) is 5.75 Å². The van der Waals surface area contributed by atoms with Gasteiger partial charge in [-0.25, -0.2) is 4.79 Å². The molecule has 0 radical (unpaired) electrons. The van der Waals surface area contributed by atoms with Crippen molar-refractivity contribution in [3.8, 4) is 5.75 Å². The Balaban J connectivity index is 1.77. The number of amides is 1. The Labute approximate surface area is 155 Å². The highest BCUT2D eigenvalue weighted by Gasteiger charge is 2.24. The van der Waals surface area contributed by atoms with E-state index in [0.717, 1.165) is 31.8 Å². The van der Waals surface area contributed by atoms with Crippen molar-refractivity contribution in [2.75, 3.05) is 26.2 Å². The molecule has 0 bridgehead atoms. The highest BCUT2D eigenvalue weighted by molar-refractivity contribution is 6.32. The number of hydrogen-bond donors (Lipinski definition) is 1. The number of rotatable bonds is 6. The van der Waals surface area contributed by atoms with E-state index in [4.69, 9.17) is 21.1 Å². The molecule has 1 amide bonds. The monoisotopic (exact) mass is 368 g/mol. The first kappa shape index (κ1) is 19.9. The van der Waals surface area contributed by atoms with Gasteiger partial charge in [0.15, 0.2) is 0 Å². The fourth-order valence-corrected chi connectivity index (χ4v) is 3.20. The zero-order chi connectivity index (χ0) is 18.4. The molecule has 1 saturated heterocycles. The van der Waals surface area contributed by atoms with Crippen molar-refractivity contribution in [3.63, 3.8) is 0 Å². The van der Waals surface area contributed by atoms with Crippen molar-refractivity contribution in [2.45, 2.75) is 46.3 Å². The lowest BCUT2D eigenvalue weighted by atomic mass is 10.1. The molecule has 1 aromatic rings. The van der Waals surface area contributed by atoms with Crippen LogP contribution in [0.1, 0.15) is 39.7 Å². The van der Waals surface area contributed by atoms with E-state index < -0.39 is 5.60 Å². The third kappa shape index (κ3) is 6.75. The highest BCUT2D eigenvalue weighted by atomic mass is 35.5. The summed E-state index contributed by atoms with van der Waals surface area (Å²) in [5, 5.41) is 3.53. The molecular weight excluding hydrogens is 340 g/mol. The summed E-state index contributed by atoms with van der Waals surface area (Å²) in [6.45, 7) is 11.6. The Morgan fingerprint density at radius 3 is 2.80 bits per heavy atom. The van der Waals surface area contributed by atoms with Crippen LogP contribution in [0, 0.1) is 5.92 Å². The summed E-state index contributed by atoms with van der Waals surface area (Å²) < 4.78 is 10.7.